The summed E-state index contributed by atoms with van der Waals surface area (Å²) < 4.78 is 13.7. The van der Waals surface area contributed by atoms with Crippen LogP contribution in [-0.2, 0) is 0 Å². The lowest BCUT2D eigenvalue weighted by molar-refractivity contribution is 0.0582. The SMILES string of the molecule is O=C(O)N1CCCC1[C@H](O)[C@H](c1ccccc1)c1cccc(F)c1. The number of rotatable bonds is 4. The lowest BCUT2D eigenvalue weighted by Gasteiger charge is -2.32. The highest BCUT2D eigenvalue weighted by Gasteiger charge is 2.38. The number of carbonyl (C=O) groups is 1. The summed E-state index contributed by atoms with van der Waals surface area (Å²) in [5, 5.41) is 20.4. The topological polar surface area (TPSA) is 60.8 Å². The van der Waals surface area contributed by atoms with E-state index in [1.54, 1.807) is 12.1 Å². The molecule has 0 aliphatic carbocycles. The number of carboxylic acid groups (broad SMARTS) is 1. The maximum Gasteiger partial charge on any atom is 0.407 e. The van der Waals surface area contributed by atoms with Gasteiger partial charge < -0.3 is 15.1 Å². The van der Waals surface area contributed by atoms with Gasteiger partial charge in [-0.2, -0.15) is 0 Å². The number of amides is 1. The fourth-order valence-corrected chi connectivity index (χ4v) is 3.55. The molecule has 1 fully saturated rings. The lowest BCUT2D eigenvalue weighted by Crippen LogP contribution is -2.44. The minimum absolute atomic E-state index is 0.373. The molecule has 0 radical (unpaired) electrons. The highest BCUT2D eigenvalue weighted by atomic mass is 19.1. The molecule has 1 saturated heterocycles. The van der Waals surface area contributed by atoms with Crippen LogP contribution in [0.4, 0.5) is 9.18 Å². The van der Waals surface area contributed by atoms with Gasteiger partial charge in [-0.25, -0.2) is 9.18 Å². The number of benzene rings is 2. The van der Waals surface area contributed by atoms with Gasteiger partial charge >= 0.3 is 6.09 Å². The third kappa shape index (κ3) is 3.26. The van der Waals surface area contributed by atoms with Crippen LogP contribution in [0.15, 0.2) is 54.6 Å². The molecule has 1 aliphatic rings. The molecule has 0 bridgehead atoms. The second-order valence-corrected chi connectivity index (χ2v) is 6.12. The number of aliphatic hydroxyl groups excluding tert-OH is 1. The molecule has 2 N–H and O–H groups in total. The summed E-state index contributed by atoms with van der Waals surface area (Å²) in [4.78, 5) is 12.7. The Hall–Kier alpha value is -2.40. The van der Waals surface area contributed by atoms with Crippen LogP contribution >= 0.6 is 0 Å². The van der Waals surface area contributed by atoms with Gasteiger partial charge in [-0.3, -0.25) is 0 Å². The molecule has 0 aromatic heterocycles. The maximum absolute atomic E-state index is 13.7. The summed E-state index contributed by atoms with van der Waals surface area (Å²) in [6, 6.07) is 15.0. The first-order valence-electron chi connectivity index (χ1n) is 8.06. The standard InChI is InChI=1S/C19H20FNO3/c20-15-9-4-8-14(12-15)17(13-6-2-1-3-7-13)18(22)16-10-5-11-21(16)19(23)24/h1-4,6-9,12,16-18,22H,5,10-11H2,(H,23,24)/t16?,17-,18+/m1/s1. The Bertz CT molecular complexity index is 707. The number of likely N-dealkylation sites (tertiary alicyclic amines) is 1. The van der Waals surface area contributed by atoms with Crippen LogP contribution in [0.2, 0.25) is 0 Å². The van der Waals surface area contributed by atoms with Gasteiger partial charge in [-0.05, 0) is 36.1 Å². The number of halogens is 1. The summed E-state index contributed by atoms with van der Waals surface area (Å²) in [5.74, 6) is -0.853. The van der Waals surface area contributed by atoms with E-state index in [1.807, 2.05) is 30.3 Å². The van der Waals surface area contributed by atoms with Gasteiger partial charge in [0, 0.05) is 12.5 Å². The van der Waals surface area contributed by atoms with E-state index in [0.29, 0.717) is 18.5 Å². The van der Waals surface area contributed by atoms with Crippen molar-refractivity contribution in [3.05, 3.63) is 71.5 Å². The largest absolute Gasteiger partial charge is 0.465 e. The third-order valence-corrected chi connectivity index (χ3v) is 4.65. The molecule has 1 unspecified atom stereocenters. The monoisotopic (exact) mass is 329 g/mol. The summed E-state index contributed by atoms with van der Waals surface area (Å²) in [7, 11) is 0. The van der Waals surface area contributed by atoms with Crippen LogP contribution in [0.25, 0.3) is 0 Å². The first-order chi connectivity index (χ1) is 11.6. The van der Waals surface area contributed by atoms with Crippen LogP contribution in [0.3, 0.4) is 0 Å². The van der Waals surface area contributed by atoms with Crippen molar-refractivity contribution in [3.8, 4) is 0 Å². The van der Waals surface area contributed by atoms with E-state index in [1.165, 1.54) is 17.0 Å². The zero-order chi connectivity index (χ0) is 17.1. The Labute approximate surface area is 140 Å². The normalized spacial score (nSPS) is 19.9. The number of aliphatic hydroxyl groups is 1. The number of hydrogen-bond acceptors (Lipinski definition) is 2. The Kier molecular flexibility index (Phi) is 4.81. The fourth-order valence-electron chi connectivity index (χ4n) is 3.55. The van der Waals surface area contributed by atoms with Gasteiger partial charge in [0.2, 0.25) is 0 Å². The highest BCUT2D eigenvalue weighted by molar-refractivity contribution is 5.66. The molecule has 1 aliphatic heterocycles. The summed E-state index contributed by atoms with van der Waals surface area (Å²) in [6.45, 7) is 0.418. The Morgan fingerprint density at radius 2 is 1.83 bits per heavy atom. The Balaban J connectivity index is 2.00. The van der Waals surface area contributed by atoms with Gasteiger partial charge in [0.05, 0.1) is 12.1 Å². The molecule has 1 heterocycles. The predicted octanol–water partition coefficient (Wildman–Crippen LogP) is 3.46. The highest BCUT2D eigenvalue weighted by Crippen LogP contribution is 2.34. The van der Waals surface area contributed by atoms with Crippen LogP contribution in [0.1, 0.15) is 29.9 Å². The van der Waals surface area contributed by atoms with Crippen molar-refractivity contribution in [2.75, 3.05) is 6.54 Å². The maximum atomic E-state index is 13.7. The molecule has 1 amide bonds. The van der Waals surface area contributed by atoms with Crippen molar-refractivity contribution in [2.45, 2.75) is 30.9 Å². The summed E-state index contributed by atoms with van der Waals surface area (Å²) >= 11 is 0. The van der Waals surface area contributed by atoms with Crippen LogP contribution in [0, 0.1) is 5.82 Å². The molecule has 0 saturated carbocycles. The Morgan fingerprint density at radius 3 is 2.50 bits per heavy atom. The third-order valence-electron chi connectivity index (χ3n) is 4.65. The van der Waals surface area contributed by atoms with Crippen molar-refractivity contribution in [2.24, 2.45) is 0 Å². The summed E-state index contributed by atoms with van der Waals surface area (Å²) in [6.07, 6.45) is -0.638. The van der Waals surface area contributed by atoms with E-state index in [0.717, 1.165) is 12.0 Å². The molecular formula is C19H20FNO3. The fraction of sp³-hybridized carbons (Fsp3) is 0.316. The quantitative estimate of drug-likeness (QED) is 0.903. The minimum atomic E-state index is -1.03. The zero-order valence-corrected chi connectivity index (χ0v) is 13.2. The average molecular weight is 329 g/mol. The second-order valence-electron chi connectivity index (χ2n) is 6.12. The van der Waals surface area contributed by atoms with E-state index in [-0.39, 0.29) is 5.82 Å². The predicted molar refractivity (Wildman–Crippen MR) is 88.4 cm³/mol. The second kappa shape index (κ2) is 7.01. The molecular weight excluding hydrogens is 309 g/mol. The van der Waals surface area contributed by atoms with Gasteiger partial charge in [-0.15, -0.1) is 0 Å². The average Bonchev–Trinajstić information content (AvgIpc) is 3.06. The van der Waals surface area contributed by atoms with E-state index in [9.17, 15) is 19.4 Å². The molecule has 0 spiro atoms. The molecule has 24 heavy (non-hydrogen) atoms. The zero-order valence-electron chi connectivity index (χ0n) is 13.2. The van der Waals surface area contributed by atoms with Crippen molar-refractivity contribution in [1.82, 2.24) is 4.90 Å². The molecule has 4 nitrogen and oxygen atoms in total. The molecule has 2 aromatic carbocycles. The minimum Gasteiger partial charge on any atom is -0.465 e. The number of hydrogen-bond donors (Lipinski definition) is 2. The smallest absolute Gasteiger partial charge is 0.407 e. The molecule has 126 valence electrons. The van der Waals surface area contributed by atoms with Gasteiger partial charge in [0.1, 0.15) is 5.82 Å². The summed E-state index contributed by atoms with van der Waals surface area (Å²) in [5.41, 5.74) is 1.48. The van der Waals surface area contributed by atoms with Crippen LogP contribution < -0.4 is 0 Å². The first kappa shape index (κ1) is 16.5. The van der Waals surface area contributed by atoms with Crippen LogP contribution in [0.5, 0.6) is 0 Å². The molecule has 3 atom stereocenters. The number of nitrogens with zero attached hydrogens (tertiary/aromatic N) is 1. The van der Waals surface area contributed by atoms with E-state index in [4.69, 9.17) is 0 Å². The van der Waals surface area contributed by atoms with Crippen molar-refractivity contribution in [3.63, 3.8) is 0 Å². The van der Waals surface area contributed by atoms with Gasteiger partial charge in [0.15, 0.2) is 0 Å². The van der Waals surface area contributed by atoms with Gasteiger partial charge in [0.25, 0.3) is 0 Å². The molecule has 3 rings (SSSR count). The molecule has 5 heteroatoms. The van der Waals surface area contributed by atoms with E-state index >= 15 is 0 Å². The van der Waals surface area contributed by atoms with Crippen molar-refractivity contribution < 1.29 is 19.4 Å². The Morgan fingerprint density at radius 1 is 1.12 bits per heavy atom. The first-order valence-corrected chi connectivity index (χ1v) is 8.06. The lowest BCUT2D eigenvalue weighted by atomic mass is 9.83. The van der Waals surface area contributed by atoms with Crippen molar-refractivity contribution >= 4 is 6.09 Å². The van der Waals surface area contributed by atoms with Gasteiger partial charge in [-0.1, -0.05) is 42.5 Å². The van der Waals surface area contributed by atoms with E-state index < -0.39 is 24.2 Å². The molecule has 2 aromatic rings. The van der Waals surface area contributed by atoms with Crippen molar-refractivity contribution in [1.29, 1.82) is 0 Å². The van der Waals surface area contributed by atoms with E-state index in [2.05, 4.69) is 0 Å². The van der Waals surface area contributed by atoms with Crippen LogP contribution in [-0.4, -0.2) is 39.9 Å².